The number of fused-ring (bicyclic) bond motifs is 1. The predicted octanol–water partition coefficient (Wildman–Crippen LogP) is 5.33. The van der Waals surface area contributed by atoms with Crippen LogP contribution in [-0.4, -0.2) is 21.7 Å². The molecule has 3 rings (SSSR count). The quantitative estimate of drug-likeness (QED) is 0.575. The van der Waals surface area contributed by atoms with Gasteiger partial charge in [0, 0.05) is 5.56 Å². The fourth-order valence-electron chi connectivity index (χ4n) is 3.76. The number of carboxylic acids is 1. The summed E-state index contributed by atoms with van der Waals surface area (Å²) in [5, 5.41) is 9.01. The summed E-state index contributed by atoms with van der Waals surface area (Å²) in [4.78, 5) is 24.2. The van der Waals surface area contributed by atoms with Gasteiger partial charge in [0.25, 0.3) is 0 Å². The van der Waals surface area contributed by atoms with E-state index in [4.69, 9.17) is 17.3 Å². The summed E-state index contributed by atoms with van der Waals surface area (Å²) >= 11 is 5.39. The Hall–Kier alpha value is -2.33. The third-order valence-corrected chi connectivity index (χ3v) is 6.14. The molecular formula is C23H24O3S. The molecule has 2 aromatic carbocycles. The van der Waals surface area contributed by atoms with E-state index in [9.17, 15) is 9.59 Å². The first-order valence-corrected chi connectivity index (χ1v) is 9.51. The van der Waals surface area contributed by atoms with Crippen molar-refractivity contribution in [3.63, 3.8) is 0 Å². The highest BCUT2D eigenvalue weighted by atomic mass is 32.1. The highest BCUT2D eigenvalue weighted by Crippen LogP contribution is 2.45. The smallest absolute Gasteiger partial charge is 0.335 e. The van der Waals surface area contributed by atoms with Crippen molar-refractivity contribution in [2.45, 2.75) is 51.4 Å². The van der Waals surface area contributed by atoms with Crippen LogP contribution in [0.2, 0.25) is 0 Å². The molecule has 0 bridgehead atoms. The highest BCUT2D eigenvalue weighted by molar-refractivity contribution is 7.82. The molecule has 0 heterocycles. The van der Waals surface area contributed by atoms with Gasteiger partial charge in [0.15, 0.2) is 0 Å². The van der Waals surface area contributed by atoms with Gasteiger partial charge in [-0.25, -0.2) is 4.79 Å². The monoisotopic (exact) mass is 380 g/mol. The van der Waals surface area contributed by atoms with Gasteiger partial charge in [-0.05, 0) is 58.6 Å². The van der Waals surface area contributed by atoms with Crippen molar-refractivity contribution < 1.29 is 14.7 Å². The zero-order valence-electron chi connectivity index (χ0n) is 16.1. The minimum Gasteiger partial charge on any atom is -0.478 e. The molecule has 0 saturated heterocycles. The Labute approximate surface area is 165 Å². The number of benzene rings is 2. The molecule has 140 valence electrons. The second-order valence-electron chi connectivity index (χ2n) is 8.57. The van der Waals surface area contributed by atoms with Gasteiger partial charge >= 0.3 is 5.97 Å². The van der Waals surface area contributed by atoms with Crippen LogP contribution in [0.5, 0.6) is 0 Å². The van der Waals surface area contributed by atoms with Crippen LogP contribution in [0.1, 0.15) is 77.9 Å². The van der Waals surface area contributed by atoms with Crippen molar-refractivity contribution >= 4 is 28.8 Å². The molecule has 0 fully saturated rings. The van der Waals surface area contributed by atoms with E-state index in [-0.39, 0.29) is 27.0 Å². The van der Waals surface area contributed by atoms with Crippen LogP contribution in [-0.2, 0) is 10.8 Å². The largest absolute Gasteiger partial charge is 0.478 e. The van der Waals surface area contributed by atoms with E-state index in [1.807, 2.05) is 12.1 Å². The van der Waals surface area contributed by atoms with Crippen LogP contribution in [0.4, 0.5) is 0 Å². The second-order valence-corrected chi connectivity index (χ2v) is 8.98. The van der Waals surface area contributed by atoms with Crippen LogP contribution in [0.3, 0.4) is 0 Å². The van der Waals surface area contributed by atoms with E-state index >= 15 is 0 Å². The first-order chi connectivity index (χ1) is 12.5. The molecule has 4 heteroatoms. The SMILES string of the molecule is CC1(C)CCC(C)(C)c2cc(C(=O)C(=S)c3ccc(C(=O)O)cc3)ccc21. The zero-order chi connectivity index (χ0) is 20.0. The van der Waals surface area contributed by atoms with E-state index < -0.39 is 5.97 Å². The third-order valence-electron chi connectivity index (χ3n) is 5.72. The first-order valence-electron chi connectivity index (χ1n) is 9.10. The lowest BCUT2D eigenvalue weighted by atomic mass is 9.63. The first kappa shape index (κ1) is 19.4. The third kappa shape index (κ3) is 3.59. The van der Waals surface area contributed by atoms with Gasteiger partial charge in [0.1, 0.15) is 0 Å². The Bertz CT molecular complexity index is 937. The lowest BCUT2D eigenvalue weighted by molar-refractivity contribution is 0.0696. The summed E-state index contributed by atoms with van der Waals surface area (Å²) in [6.45, 7) is 8.94. The fraction of sp³-hybridized carbons (Fsp3) is 0.348. The van der Waals surface area contributed by atoms with Crippen molar-refractivity contribution in [3.8, 4) is 0 Å². The topological polar surface area (TPSA) is 54.4 Å². The van der Waals surface area contributed by atoms with E-state index in [1.165, 1.54) is 23.3 Å². The van der Waals surface area contributed by atoms with Gasteiger partial charge < -0.3 is 5.11 Å². The number of ketones is 1. The number of thiocarbonyl (C=S) groups is 1. The Morgan fingerprint density at radius 1 is 0.815 bits per heavy atom. The summed E-state index contributed by atoms with van der Waals surface area (Å²) in [6.07, 6.45) is 2.19. The Morgan fingerprint density at radius 2 is 1.30 bits per heavy atom. The average molecular weight is 381 g/mol. The van der Waals surface area contributed by atoms with E-state index in [0.29, 0.717) is 11.1 Å². The molecule has 1 N–H and O–H groups in total. The second kappa shape index (κ2) is 6.68. The van der Waals surface area contributed by atoms with Gasteiger partial charge in [0.2, 0.25) is 5.78 Å². The average Bonchev–Trinajstić information content (AvgIpc) is 2.64. The molecule has 0 atom stereocenters. The molecule has 3 nitrogen and oxygen atoms in total. The lowest BCUT2D eigenvalue weighted by Gasteiger charge is -2.42. The molecule has 0 aromatic heterocycles. The summed E-state index contributed by atoms with van der Waals surface area (Å²) in [5.41, 5.74) is 3.96. The Kier molecular flexibility index (Phi) is 4.81. The highest BCUT2D eigenvalue weighted by Gasteiger charge is 2.37. The van der Waals surface area contributed by atoms with Gasteiger partial charge in [-0.1, -0.05) is 64.2 Å². The molecule has 0 unspecified atom stereocenters. The maximum Gasteiger partial charge on any atom is 0.335 e. The normalized spacial score (nSPS) is 17.0. The van der Waals surface area contributed by atoms with Gasteiger partial charge in [0.05, 0.1) is 10.4 Å². The number of aromatic carboxylic acids is 1. The van der Waals surface area contributed by atoms with Crippen molar-refractivity contribution in [1.82, 2.24) is 0 Å². The van der Waals surface area contributed by atoms with Gasteiger partial charge in [-0.3, -0.25) is 4.79 Å². The Morgan fingerprint density at radius 3 is 1.85 bits per heavy atom. The van der Waals surface area contributed by atoms with E-state index in [0.717, 1.165) is 12.8 Å². The van der Waals surface area contributed by atoms with Crippen molar-refractivity contribution in [2.24, 2.45) is 0 Å². The van der Waals surface area contributed by atoms with Crippen molar-refractivity contribution in [2.75, 3.05) is 0 Å². The van der Waals surface area contributed by atoms with E-state index in [1.54, 1.807) is 12.1 Å². The fourth-order valence-corrected chi connectivity index (χ4v) is 4.01. The van der Waals surface area contributed by atoms with Gasteiger partial charge in [-0.2, -0.15) is 0 Å². The van der Waals surface area contributed by atoms with Crippen LogP contribution in [0.25, 0.3) is 0 Å². The molecule has 0 aliphatic heterocycles. The van der Waals surface area contributed by atoms with Crippen LogP contribution in [0, 0.1) is 0 Å². The zero-order valence-corrected chi connectivity index (χ0v) is 16.9. The molecule has 0 saturated carbocycles. The Balaban J connectivity index is 1.96. The number of carboxylic acid groups (broad SMARTS) is 1. The standard InChI is InChI=1S/C23H24O3S/c1-22(2)11-12-23(3,4)18-13-16(9-10-17(18)22)19(24)20(27)14-5-7-15(8-6-14)21(25)26/h5-10,13H,11-12H2,1-4H3,(H,25,26). The minimum atomic E-state index is -1.00. The molecule has 2 aromatic rings. The van der Waals surface area contributed by atoms with Crippen LogP contribution < -0.4 is 0 Å². The number of rotatable bonds is 4. The molecule has 0 radical (unpaired) electrons. The summed E-state index contributed by atoms with van der Waals surface area (Å²) in [5.74, 6) is -1.20. The lowest BCUT2D eigenvalue weighted by Crippen LogP contribution is -2.34. The minimum absolute atomic E-state index is 0.0197. The van der Waals surface area contributed by atoms with Gasteiger partial charge in [-0.15, -0.1) is 0 Å². The van der Waals surface area contributed by atoms with E-state index in [2.05, 4.69) is 33.8 Å². The summed E-state index contributed by atoms with van der Waals surface area (Å²) < 4.78 is 0. The number of Topliss-reactive ketones (excluding diaryl/α,β-unsaturated/α-hetero) is 1. The number of hydrogen-bond donors (Lipinski definition) is 1. The van der Waals surface area contributed by atoms with Crippen LogP contribution >= 0.6 is 12.2 Å². The van der Waals surface area contributed by atoms with Crippen molar-refractivity contribution in [1.29, 1.82) is 0 Å². The van der Waals surface area contributed by atoms with Crippen LogP contribution in [0.15, 0.2) is 42.5 Å². The summed E-state index contributed by atoms with van der Waals surface area (Å²) in [7, 11) is 0. The number of carbonyl (C=O) groups is 2. The number of hydrogen-bond acceptors (Lipinski definition) is 3. The predicted molar refractivity (Wildman–Crippen MR) is 111 cm³/mol. The molecule has 1 aliphatic carbocycles. The molecule has 0 amide bonds. The molecule has 0 spiro atoms. The molecule has 1 aliphatic rings. The summed E-state index contributed by atoms with van der Waals surface area (Å²) in [6, 6.07) is 12.0. The molecule has 27 heavy (non-hydrogen) atoms. The number of carbonyl (C=O) groups excluding carboxylic acids is 1. The van der Waals surface area contributed by atoms with Crippen molar-refractivity contribution in [3.05, 3.63) is 70.3 Å². The maximum absolute atomic E-state index is 13.0. The maximum atomic E-state index is 13.0. The molecular weight excluding hydrogens is 356 g/mol.